The lowest BCUT2D eigenvalue weighted by Gasteiger charge is -2.34. The Bertz CT molecular complexity index is 1000. The Morgan fingerprint density at radius 1 is 1.18 bits per heavy atom. The van der Waals surface area contributed by atoms with Crippen molar-refractivity contribution in [3.05, 3.63) is 53.1 Å². The smallest absolute Gasteiger partial charge is 0.335 e. The normalized spacial score (nSPS) is 17.4. The van der Waals surface area contributed by atoms with E-state index in [1.165, 1.54) is 12.1 Å². The molecule has 0 radical (unpaired) electrons. The number of sulfonamides is 1. The van der Waals surface area contributed by atoms with Crippen molar-refractivity contribution >= 4 is 27.4 Å². The maximum absolute atomic E-state index is 13.1. The summed E-state index contributed by atoms with van der Waals surface area (Å²) in [6, 6.07) is 9.88. The number of carboxylic acids is 1. The molecule has 0 unspecified atom stereocenters. The van der Waals surface area contributed by atoms with Gasteiger partial charge in [0.15, 0.2) is 0 Å². The third kappa shape index (κ3) is 4.30. The van der Waals surface area contributed by atoms with E-state index in [1.807, 2.05) is 13.0 Å². The van der Waals surface area contributed by atoms with Gasteiger partial charge in [-0.25, -0.2) is 13.2 Å². The standard InChI is InChI=1S/C21H26N2O4S/c1-14-6-7-16(3)20(11-14)28(26,27)22-18-12-17(21(24)25)8-9-19(18)23-10-4-5-15(2)13-23/h6-9,11-12,15,22H,4-5,10,13H2,1-3H3,(H,24,25)/t15-/m0/s1. The van der Waals surface area contributed by atoms with Crippen LogP contribution in [0.1, 0.15) is 41.3 Å². The molecule has 0 aliphatic carbocycles. The van der Waals surface area contributed by atoms with Crippen LogP contribution in [0.4, 0.5) is 11.4 Å². The van der Waals surface area contributed by atoms with E-state index in [4.69, 9.17) is 0 Å². The molecule has 1 heterocycles. The van der Waals surface area contributed by atoms with E-state index >= 15 is 0 Å². The summed E-state index contributed by atoms with van der Waals surface area (Å²) in [5, 5.41) is 9.36. The Balaban J connectivity index is 2.04. The van der Waals surface area contributed by atoms with Crippen molar-refractivity contribution in [3.8, 4) is 0 Å². The number of benzene rings is 2. The van der Waals surface area contributed by atoms with E-state index in [2.05, 4.69) is 16.5 Å². The fraction of sp³-hybridized carbons (Fsp3) is 0.381. The summed E-state index contributed by atoms with van der Waals surface area (Å²) < 4.78 is 28.8. The third-order valence-corrected chi connectivity index (χ3v) is 6.63. The van der Waals surface area contributed by atoms with Gasteiger partial charge in [-0.3, -0.25) is 4.72 Å². The molecule has 2 N–H and O–H groups in total. The lowest BCUT2D eigenvalue weighted by atomic mass is 9.99. The van der Waals surface area contributed by atoms with Crippen LogP contribution in [0.5, 0.6) is 0 Å². The summed E-state index contributed by atoms with van der Waals surface area (Å²) in [6.45, 7) is 7.37. The van der Waals surface area contributed by atoms with E-state index in [0.29, 0.717) is 22.9 Å². The zero-order valence-corrected chi connectivity index (χ0v) is 17.2. The van der Waals surface area contributed by atoms with Gasteiger partial charge in [0.2, 0.25) is 0 Å². The van der Waals surface area contributed by atoms with E-state index in [1.54, 1.807) is 25.1 Å². The second-order valence-electron chi connectivity index (χ2n) is 7.60. The zero-order chi connectivity index (χ0) is 20.5. The largest absolute Gasteiger partial charge is 0.478 e. The topological polar surface area (TPSA) is 86.7 Å². The Hall–Kier alpha value is -2.54. The van der Waals surface area contributed by atoms with Gasteiger partial charge >= 0.3 is 5.97 Å². The molecule has 2 aromatic rings. The summed E-state index contributed by atoms with van der Waals surface area (Å²) in [7, 11) is -3.85. The molecule has 7 heteroatoms. The van der Waals surface area contributed by atoms with E-state index in [9.17, 15) is 18.3 Å². The van der Waals surface area contributed by atoms with Crippen molar-refractivity contribution in [2.75, 3.05) is 22.7 Å². The molecule has 150 valence electrons. The fourth-order valence-electron chi connectivity index (χ4n) is 3.63. The van der Waals surface area contributed by atoms with Gasteiger partial charge in [-0.15, -0.1) is 0 Å². The molecule has 0 amide bonds. The van der Waals surface area contributed by atoms with E-state index < -0.39 is 16.0 Å². The molecule has 0 aromatic heterocycles. The average molecular weight is 403 g/mol. The molecule has 1 saturated heterocycles. The Kier molecular flexibility index (Phi) is 5.65. The van der Waals surface area contributed by atoms with Gasteiger partial charge in [0.1, 0.15) is 0 Å². The molecule has 0 spiro atoms. The minimum Gasteiger partial charge on any atom is -0.478 e. The molecule has 0 saturated carbocycles. The molecule has 0 bridgehead atoms. The van der Waals surface area contributed by atoms with Crippen molar-refractivity contribution in [2.24, 2.45) is 5.92 Å². The molecular weight excluding hydrogens is 376 g/mol. The predicted octanol–water partition coefficient (Wildman–Crippen LogP) is 4.04. The summed E-state index contributed by atoms with van der Waals surface area (Å²) >= 11 is 0. The number of nitrogens with one attached hydrogen (secondary N) is 1. The molecule has 3 rings (SSSR count). The SMILES string of the molecule is Cc1ccc(C)c(S(=O)(=O)Nc2cc(C(=O)O)ccc2N2CCC[C@H](C)C2)c1. The first-order valence-corrected chi connectivity index (χ1v) is 10.9. The second-order valence-corrected chi connectivity index (χ2v) is 9.26. The molecular formula is C21H26N2O4S. The Labute approximate surface area is 166 Å². The van der Waals surface area contributed by atoms with Crippen LogP contribution in [0.25, 0.3) is 0 Å². The molecule has 2 aromatic carbocycles. The van der Waals surface area contributed by atoms with Gasteiger partial charge in [-0.2, -0.15) is 0 Å². The van der Waals surface area contributed by atoms with Gasteiger partial charge in [-0.05, 0) is 68.0 Å². The fourth-order valence-corrected chi connectivity index (χ4v) is 5.03. The van der Waals surface area contributed by atoms with Crippen LogP contribution in [0.3, 0.4) is 0 Å². The van der Waals surface area contributed by atoms with Gasteiger partial charge < -0.3 is 10.0 Å². The van der Waals surface area contributed by atoms with Gasteiger partial charge in [0, 0.05) is 13.1 Å². The molecule has 1 atom stereocenters. The van der Waals surface area contributed by atoms with Crippen molar-refractivity contribution in [1.29, 1.82) is 0 Å². The van der Waals surface area contributed by atoms with Crippen LogP contribution < -0.4 is 9.62 Å². The molecule has 1 aliphatic rings. The van der Waals surface area contributed by atoms with Crippen molar-refractivity contribution in [1.82, 2.24) is 0 Å². The van der Waals surface area contributed by atoms with Crippen LogP contribution in [-0.2, 0) is 10.0 Å². The number of rotatable bonds is 5. The Morgan fingerprint density at radius 3 is 2.61 bits per heavy atom. The first-order chi connectivity index (χ1) is 13.2. The summed E-state index contributed by atoms with van der Waals surface area (Å²) in [6.07, 6.45) is 2.15. The lowest BCUT2D eigenvalue weighted by Crippen LogP contribution is -2.35. The molecule has 6 nitrogen and oxygen atoms in total. The number of anilines is 2. The number of aromatic carboxylic acids is 1. The number of hydrogen-bond acceptors (Lipinski definition) is 4. The van der Waals surface area contributed by atoms with E-state index in [-0.39, 0.29) is 10.5 Å². The summed E-state index contributed by atoms with van der Waals surface area (Å²) in [5.41, 5.74) is 2.55. The number of hydrogen-bond donors (Lipinski definition) is 2. The number of carbonyl (C=O) groups is 1. The quantitative estimate of drug-likeness (QED) is 0.788. The number of carboxylic acid groups (broad SMARTS) is 1. The highest BCUT2D eigenvalue weighted by atomic mass is 32.2. The van der Waals surface area contributed by atoms with Crippen LogP contribution in [0.2, 0.25) is 0 Å². The van der Waals surface area contributed by atoms with Gasteiger partial charge in [0.05, 0.1) is 21.8 Å². The minimum absolute atomic E-state index is 0.0486. The highest BCUT2D eigenvalue weighted by Crippen LogP contribution is 2.33. The number of nitrogens with zero attached hydrogens (tertiary/aromatic N) is 1. The zero-order valence-electron chi connectivity index (χ0n) is 16.4. The van der Waals surface area contributed by atoms with Crippen LogP contribution in [-0.4, -0.2) is 32.6 Å². The molecule has 28 heavy (non-hydrogen) atoms. The monoisotopic (exact) mass is 402 g/mol. The third-order valence-electron chi connectivity index (χ3n) is 5.12. The maximum Gasteiger partial charge on any atom is 0.335 e. The maximum atomic E-state index is 13.1. The number of piperidine rings is 1. The van der Waals surface area contributed by atoms with Crippen LogP contribution in [0.15, 0.2) is 41.3 Å². The van der Waals surface area contributed by atoms with Crippen LogP contribution >= 0.6 is 0 Å². The highest BCUT2D eigenvalue weighted by molar-refractivity contribution is 7.92. The average Bonchev–Trinajstić information content (AvgIpc) is 2.63. The first kappa shape index (κ1) is 20.2. The molecule has 1 fully saturated rings. The first-order valence-electron chi connectivity index (χ1n) is 9.40. The molecule has 1 aliphatic heterocycles. The number of aryl methyl sites for hydroxylation is 2. The van der Waals surface area contributed by atoms with Crippen LogP contribution in [0, 0.1) is 19.8 Å². The minimum atomic E-state index is -3.85. The van der Waals surface area contributed by atoms with Gasteiger partial charge in [0.25, 0.3) is 10.0 Å². The Morgan fingerprint density at radius 2 is 1.93 bits per heavy atom. The van der Waals surface area contributed by atoms with Crippen molar-refractivity contribution in [3.63, 3.8) is 0 Å². The highest BCUT2D eigenvalue weighted by Gasteiger charge is 2.24. The predicted molar refractivity (Wildman–Crippen MR) is 111 cm³/mol. The van der Waals surface area contributed by atoms with Gasteiger partial charge in [-0.1, -0.05) is 19.1 Å². The summed E-state index contributed by atoms with van der Waals surface area (Å²) in [4.78, 5) is 13.8. The summed E-state index contributed by atoms with van der Waals surface area (Å²) in [5.74, 6) is -0.595. The lowest BCUT2D eigenvalue weighted by molar-refractivity contribution is 0.0697. The van der Waals surface area contributed by atoms with Crippen molar-refractivity contribution in [2.45, 2.75) is 38.5 Å². The van der Waals surface area contributed by atoms with Crippen molar-refractivity contribution < 1.29 is 18.3 Å². The second kappa shape index (κ2) is 7.83. The van der Waals surface area contributed by atoms with E-state index in [0.717, 1.165) is 31.5 Å².